The van der Waals surface area contributed by atoms with Crippen LogP contribution in [0.3, 0.4) is 0 Å². The summed E-state index contributed by atoms with van der Waals surface area (Å²) in [4.78, 5) is 31.1. The average Bonchev–Trinajstić information content (AvgIpc) is 2.83. The van der Waals surface area contributed by atoms with Gasteiger partial charge >= 0.3 is 0 Å². The molecule has 176 valence electrons. The van der Waals surface area contributed by atoms with Gasteiger partial charge < -0.3 is 15.0 Å². The Morgan fingerprint density at radius 3 is 2.58 bits per heavy atom. The Kier molecular flexibility index (Phi) is 7.25. The zero-order valence-electron chi connectivity index (χ0n) is 19.2. The summed E-state index contributed by atoms with van der Waals surface area (Å²) in [7, 11) is 0. The highest BCUT2D eigenvalue weighted by Crippen LogP contribution is 2.31. The Balaban J connectivity index is 1.37. The number of pyridine rings is 1. The van der Waals surface area contributed by atoms with Crippen LogP contribution < -0.4 is 15.5 Å². The van der Waals surface area contributed by atoms with Crippen LogP contribution in [0.5, 0.6) is 11.5 Å². The van der Waals surface area contributed by atoms with Crippen LogP contribution in [0.1, 0.15) is 54.7 Å². The maximum Gasteiger partial charge on any atom is 0.270 e. The van der Waals surface area contributed by atoms with Gasteiger partial charge in [0, 0.05) is 43.4 Å². The number of benzene rings is 1. The number of fused-ring (bicyclic) bond motifs is 1. The van der Waals surface area contributed by atoms with E-state index in [0.29, 0.717) is 36.1 Å². The van der Waals surface area contributed by atoms with Crippen LogP contribution in [-0.2, 0) is 17.6 Å². The number of likely N-dealkylation sites (tertiary alicyclic amines) is 1. The van der Waals surface area contributed by atoms with Crippen molar-refractivity contribution < 1.29 is 19.5 Å². The molecule has 1 atom stereocenters. The van der Waals surface area contributed by atoms with Crippen LogP contribution in [0.25, 0.3) is 0 Å². The molecule has 1 aromatic carbocycles. The lowest BCUT2D eigenvalue weighted by molar-refractivity contribution is -0.133. The van der Waals surface area contributed by atoms with Gasteiger partial charge in [-0.15, -0.1) is 0 Å². The molecule has 0 bridgehead atoms. The van der Waals surface area contributed by atoms with Crippen molar-refractivity contribution in [2.75, 3.05) is 13.1 Å². The fourth-order valence-corrected chi connectivity index (χ4v) is 4.66. The lowest BCUT2D eigenvalue weighted by Gasteiger charge is -2.34. The van der Waals surface area contributed by atoms with Crippen molar-refractivity contribution in [3.05, 3.63) is 53.3 Å². The van der Waals surface area contributed by atoms with Gasteiger partial charge in [-0.05, 0) is 75.3 Å². The van der Waals surface area contributed by atoms with Gasteiger partial charge in [0.15, 0.2) is 0 Å². The summed E-state index contributed by atoms with van der Waals surface area (Å²) in [5, 5.41) is 12.0. The van der Waals surface area contributed by atoms with Crippen LogP contribution in [-0.4, -0.2) is 52.1 Å². The summed E-state index contributed by atoms with van der Waals surface area (Å²) in [5.41, 5.74) is 4.31. The first-order valence-electron chi connectivity index (χ1n) is 11.7. The molecule has 1 saturated heterocycles. The van der Waals surface area contributed by atoms with E-state index in [-0.39, 0.29) is 23.8 Å². The number of piperidine rings is 1. The fourth-order valence-electron chi connectivity index (χ4n) is 4.66. The SMILES string of the molecule is CC(C)N1CCC(NC(=O)c2cc(Oc3ccc4c(c3)CCC(C(=O)NO)C4)ccn2)CC1. The third-order valence-electron chi connectivity index (χ3n) is 6.68. The summed E-state index contributed by atoms with van der Waals surface area (Å²) in [6.45, 7) is 6.37. The number of aryl methyl sites for hydroxylation is 1. The summed E-state index contributed by atoms with van der Waals surface area (Å²) in [6, 6.07) is 9.89. The number of carbonyl (C=O) groups excluding carboxylic acids is 2. The maximum atomic E-state index is 12.7. The number of nitrogens with one attached hydrogen (secondary N) is 2. The van der Waals surface area contributed by atoms with Crippen molar-refractivity contribution in [2.24, 2.45) is 5.92 Å². The smallest absolute Gasteiger partial charge is 0.270 e. The van der Waals surface area contributed by atoms with Gasteiger partial charge in [-0.2, -0.15) is 0 Å². The van der Waals surface area contributed by atoms with Crippen molar-refractivity contribution in [3.63, 3.8) is 0 Å². The number of hydrogen-bond acceptors (Lipinski definition) is 6. The molecule has 0 saturated carbocycles. The molecule has 1 aliphatic carbocycles. The zero-order valence-corrected chi connectivity index (χ0v) is 19.2. The van der Waals surface area contributed by atoms with Crippen molar-refractivity contribution >= 4 is 11.8 Å². The van der Waals surface area contributed by atoms with Crippen molar-refractivity contribution in [3.8, 4) is 11.5 Å². The summed E-state index contributed by atoms with van der Waals surface area (Å²) >= 11 is 0. The average molecular weight is 453 g/mol. The van der Waals surface area contributed by atoms with E-state index in [1.807, 2.05) is 18.2 Å². The van der Waals surface area contributed by atoms with Crippen molar-refractivity contribution in [1.29, 1.82) is 0 Å². The topological polar surface area (TPSA) is 104 Å². The van der Waals surface area contributed by atoms with E-state index in [0.717, 1.165) is 43.5 Å². The number of amides is 2. The monoisotopic (exact) mass is 452 g/mol. The number of hydroxylamine groups is 1. The molecule has 4 rings (SSSR count). The van der Waals surface area contributed by atoms with Crippen molar-refractivity contribution in [2.45, 2.75) is 58.0 Å². The lowest BCUT2D eigenvalue weighted by atomic mass is 9.83. The van der Waals surface area contributed by atoms with Crippen LogP contribution in [0.4, 0.5) is 0 Å². The second kappa shape index (κ2) is 10.3. The first-order chi connectivity index (χ1) is 15.9. The Morgan fingerprint density at radius 2 is 1.85 bits per heavy atom. The highest BCUT2D eigenvalue weighted by molar-refractivity contribution is 5.92. The standard InChI is InChI=1S/C25H32N4O4/c1-16(2)29-11-8-20(9-12-29)27-25(31)23-15-22(7-10-26-23)33-21-6-5-17-13-19(24(30)28-32)4-3-18(17)14-21/h5-7,10,14-16,19-20,32H,3-4,8-9,11-13H2,1-2H3,(H,27,31)(H,28,30). The summed E-state index contributed by atoms with van der Waals surface area (Å²) in [6.07, 6.45) is 5.48. The van der Waals surface area contributed by atoms with Gasteiger partial charge in [0.2, 0.25) is 5.91 Å². The van der Waals surface area contributed by atoms with Crippen molar-refractivity contribution in [1.82, 2.24) is 20.7 Å². The van der Waals surface area contributed by atoms with Gasteiger partial charge in [-0.25, -0.2) is 5.48 Å². The highest BCUT2D eigenvalue weighted by Gasteiger charge is 2.25. The molecule has 2 aromatic rings. The van der Waals surface area contributed by atoms with E-state index < -0.39 is 0 Å². The molecule has 2 aliphatic rings. The molecule has 8 heteroatoms. The minimum Gasteiger partial charge on any atom is -0.457 e. The first-order valence-corrected chi connectivity index (χ1v) is 11.7. The Morgan fingerprint density at radius 1 is 1.09 bits per heavy atom. The Bertz CT molecular complexity index is 1000. The second-order valence-corrected chi connectivity index (χ2v) is 9.20. The van der Waals surface area contributed by atoms with Gasteiger partial charge in [-0.1, -0.05) is 6.07 Å². The normalized spacial score (nSPS) is 19.1. The number of rotatable bonds is 6. The van der Waals surface area contributed by atoms with Gasteiger partial charge in [0.25, 0.3) is 5.91 Å². The number of hydrogen-bond donors (Lipinski definition) is 3. The summed E-state index contributed by atoms with van der Waals surface area (Å²) in [5.74, 6) is 0.500. The van der Waals surface area contributed by atoms with E-state index in [9.17, 15) is 9.59 Å². The second-order valence-electron chi connectivity index (χ2n) is 9.20. The van der Waals surface area contributed by atoms with E-state index in [1.165, 1.54) is 0 Å². The van der Waals surface area contributed by atoms with Gasteiger partial charge in [0.05, 0.1) is 0 Å². The molecule has 1 unspecified atom stereocenters. The lowest BCUT2D eigenvalue weighted by Crippen LogP contribution is -2.46. The molecule has 1 aromatic heterocycles. The third kappa shape index (κ3) is 5.69. The highest BCUT2D eigenvalue weighted by atomic mass is 16.5. The minimum absolute atomic E-state index is 0.163. The molecule has 1 aliphatic heterocycles. The van der Waals surface area contributed by atoms with Crippen LogP contribution in [0, 0.1) is 5.92 Å². The van der Waals surface area contributed by atoms with Gasteiger partial charge in [-0.3, -0.25) is 19.8 Å². The number of carbonyl (C=O) groups is 2. The molecule has 0 radical (unpaired) electrons. The van der Waals surface area contributed by atoms with E-state index in [4.69, 9.17) is 9.94 Å². The molecule has 2 amide bonds. The molecular formula is C25H32N4O4. The van der Waals surface area contributed by atoms with Crippen LogP contribution in [0.2, 0.25) is 0 Å². The Labute approximate surface area is 194 Å². The predicted molar refractivity (Wildman–Crippen MR) is 123 cm³/mol. The van der Waals surface area contributed by atoms with Crippen LogP contribution >= 0.6 is 0 Å². The molecule has 1 fully saturated rings. The molecular weight excluding hydrogens is 420 g/mol. The largest absolute Gasteiger partial charge is 0.457 e. The predicted octanol–water partition coefficient (Wildman–Crippen LogP) is 3.09. The molecule has 0 spiro atoms. The first kappa shape index (κ1) is 23.2. The number of aromatic nitrogens is 1. The molecule has 2 heterocycles. The van der Waals surface area contributed by atoms with E-state index in [2.05, 4.69) is 29.0 Å². The Hall–Kier alpha value is -2.97. The van der Waals surface area contributed by atoms with Gasteiger partial charge in [0.1, 0.15) is 17.2 Å². The maximum absolute atomic E-state index is 12.7. The molecule has 33 heavy (non-hydrogen) atoms. The molecule has 8 nitrogen and oxygen atoms in total. The third-order valence-corrected chi connectivity index (χ3v) is 6.68. The van der Waals surface area contributed by atoms with E-state index in [1.54, 1.807) is 23.8 Å². The fraction of sp³-hybridized carbons (Fsp3) is 0.480. The summed E-state index contributed by atoms with van der Waals surface area (Å²) < 4.78 is 6.02. The van der Waals surface area contributed by atoms with E-state index >= 15 is 0 Å². The molecule has 3 N–H and O–H groups in total. The zero-order chi connectivity index (χ0) is 23.4. The van der Waals surface area contributed by atoms with Crippen LogP contribution in [0.15, 0.2) is 36.5 Å². The number of nitrogens with zero attached hydrogens (tertiary/aromatic N) is 2. The number of ether oxygens (including phenoxy) is 1. The minimum atomic E-state index is -0.339. The quantitative estimate of drug-likeness (QED) is 0.460.